The number of hydrogen-bond donors (Lipinski definition) is 1. The Morgan fingerprint density at radius 3 is 2.77 bits per heavy atom. The molecule has 9 heteroatoms. The third kappa shape index (κ3) is 3.60. The minimum absolute atomic E-state index is 0.0444. The highest BCUT2D eigenvalue weighted by molar-refractivity contribution is 6.33. The minimum Gasteiger partial charge on any atom is -0.462 e. The third-order valence-electron chi connectivity index (χ3n) is 3.82. The molecule has 0 saturated heterocycles. The Hall–Kier alpha value is -3.13. The molecule has 0 saturated carbocycles. The lowest BCUT2D eigenvalue weighted by molar-refractivity contribution is -0.384. The van der Waals surface area contributed by atoms with Crippen molar-refractivity contribution in [1.29, 1.82) is 0 Å². The van der Waals surface area contributed by atoms with Gasteiger partial charge in [-0.3, -0.25) is 14.7 Å². The molecule has 3 aromatic rings. The Labute approximate surface area is 152 Å². The van der Waals surface area contributed by atoms with Crippen LogP contribution in [0.25, 0.3) is 11.0 Å². The quantitative estimate of drug-likeness (QED) is 0.308. The van der Waals surface area contributed by atoms with Gasteiger partial charge in [0.2, 0.25) is 0 Å². The molecule has 0 unspecified atom stereocenters. The lowest BCUT2D eigenvalue weighted by Gasteiger charge is -2.07. The smallest absolute Gasteiger partial charge is 0.339 e. The molecule has 1 N–H and O–H groups in total. The Morgan fingerprint density at radius 1 is 1.27 bits per heavy atom. The summed E-state index contributed by atoms with van der Waals surface area (Å²) >= 11 is 5.89. The molecule has 8 nitrogen and oxygen atoms in total. The number of nitrogens with zero attached hydrogens (tertiary/aromatic N) is 2. The van der Waals surface area contributed by atoms with Gasteiger partial charge in [0.15, 0.2) is 0 Å². The van der Waals surface area contributed by atoms with Crippen LogP contribution in [0.15, 0.2) is 47.3 Å². The summed E-state index contributed by atoms with van der Waals surface area (Å²) < 4.78 is 6.71. The van der Waals surface area contributed by atoms with Crippen molar-refractivity contribution >= 4 is 34.3 Å². The number of nitrogens with one attached hydrogen (secondary N) is 1. The predicted octanol–water partition coefficient (Wildman–Crippen LogP) is 3.14. The van der Waals surface area contributed by atoms with Crippen molar-refractivity contribution in [2.45, 2.75) is 13.0 Å². The first-order valence-electron chi connectivity index (χ1n) is 7.76. The molecule has 0 spiro atoms. The van der Waals surface area contributed by atoms with Gasteiger partial charge in [-0.2, -0.15) is 0 Å². The number of carbonyl (C=O) groups excluding carboxylic acids is 1. The first-order chi connectivity index (χ1) is 12.5. The van der Waals surface area contributed by atoms with Crippen molar-refractivity contribution in [2.24, 2.45) is 0 Å². The molecule has 2 aromatic carbocycles. The second kappa shape index (κ2) is 7.40. The minimum atomic E-state index is -0.670. The van der Waals surface area contributed by atoms with E-state index in [0.717, 1.165) is 17.1 Å². The normalized spacial score (nSPS) is 10.8. The number of non-ortho nitro benzene ring substituents is 1. The molecule has 3 rings (SSSR count). The van der Waals surface area contributed by atoms with Gasteiger partial charge >= 0.3 is 11.7 Å². The molecular formula is C17H14ClN3O5. The summed E-state index contributed by atoms with van der Waals surface area (Å²) in [4.78, 5) is 36.8. The Morgan fingerprint density at radius 2 is 2.04 bits per heavy atom. The highest BCUT2D eigenvalue weighted by Crippen LogP contribution is 2.23. The first-order valence-corrected chi connectivity index (χ1v) is 8.14. The molecule has 0 amide bonds. The Balaban J connectivity index is 1.60. The zero-order valence-electron chi connectivity index (χ0n) is 13.5. The number of aryl methyl sites for hydroxylation is 1. The average molecular weight is 376 g/mol. The Bertz CT molecular complexity index is 1040. The van der Waals surface area contributed by atoms with E-state index in [4.69, 9.17) is 16.3 Å². The summed E-state index contributed by atoms with van der Waals surface area (Å²) in [6.07, 6.45) is 0.429. The maximum Gasteiger partial charge on any atom is 0.339 e. The number of aromatic amines is 1. The highest BCUT2D eigenvalue weighted by Gasteiger charge is 2.16. The fraction of sp³-hybridized carbons (Fsp3) is 0.176. The monoisotopic (exact) mass is 375 g/mol. The molecule has 0 fully saturated rings. The van der Waals surface area contributed by atoms with Gasteiger partial charge in [0.1, 0.15) is 0 Å². The summed E-state index contributed by atoms with van der Waals surface area (Å²) in [6.45, 7) is 0.461. The number of benzene rings is 2. The van der Waals surface area contributed by atoms with Crippen molar-refractivity contribution in [2.75, 3.05) is 6.61 Å². The lowest BCUT2D eigenvalue weighted by Crippen LogP contribution is -2.18. The van der Waals surface area contributed by atoms with Gasteiger partial charge in [-0.1, -0.05) is 23.7 Å². The first kappa shape index (κ1) is 17.7. The van der Waals surface area contributed by atoms with Crippen LogP contribution in [-0.4, -0.2) is 27.1 Å². The van der Waals surface area contributed by atoms with E-state index in [9.17, 15) is 19.7 Å². The number of para-hydroxylation sites is 2. The molecule has 0 atom stereocenters. The average Bonchev–Trinajstić information content (AvgIpc) is 2.93. The number of fused-ring (bicyclic) bond motifs is 1. The number of nitro benzene ring substituents is 1. The van der Waals surface area contributed by atoms with Crippen LogP contribution in [0.1, 0.15) is 16.8 Å². The molecule has 0 aliphatic carbocycles. The van der Waals surface area contributed by atoms with Gasteiger partial charge in [-0.15, -0.1) is 0 Å². The van der Waals surface area contributed by atoms with Gasteiger partial charge in [-0.25, -0.2) is 9.59 Å². The van der Waals surface area contributed by atoms with Crippen LogP contribution in [0.2, 0.25) is 5.02 Å². The molecule has 0 bridgehead atoms. The van der Waals surface area contributed by atoms with Crippen molar-refractivity contribution in [3.63, 3.8) is 0 Å². The molecule has 0 aliphatic rings. The number of imidazole rings is 1. The van der Waals surface area contributed by atoms with Crippen LogP contribution in [0.3, 0.4) is 0 Å². The van der Waals surface area contributed by atoms with Crippen LogP contribution in [0.5, 0.6) is 0 Å². The molecule has 0 aliphatic heterocycles. The van der Waals surface area contributed by atoms with Crippen LogP contribution >= 0.6 is 11.6 Å². The van der Waals surface area contributed by atoms with E-state index in [1.165, 1.54) is 12.1 Å². The molecule has 1 heterocycles. The van der Waals surface area contributed by atoms with Gasteiger partial charge in [-0.05, 0) is 24.6 Å². The van der Waals surface area contributed by atoms with Crippen molar-refractivity contribution in [3.8, 4) is 0 Å². The second-order valence-corrected chi connectivity index (χ2v) is 5.92. The van der Waals surface area contributed by atoms with Crippen LogP contribution in [-0.2, 0) is 11.3 Å². The van der Waals surface area contributed by atoms with Crippen LogP contribution in [0.4, 0.5) is 5.69 Å². The number of nitro groups is 1. The molecule has 0 radical (unpaired) electrons. The number of halogens is 1. The van der Waals surface area contributed by atoms with E-state index < -0.39 is 10.9 Å². The van der Waals surface area contributed by atoms with Crippen LogP contribution < -0.4 is 5.69 Å². The molecule has 1 aromatic heterocycles. The standard InChI is InChI=1S/C17H14ClN3O5/c18-13-10-11(21(24)25)6-7-12(13)16(22)26-9-3-8-20-15-5-2-1-4-14(15)19-17(20)23/h1-2,4-7,10H,3,8-9H2,(H,19,23). The summed E-state index contributed by atoms with van der Waals surface area (Å²) in [6, 6.07) is 10.9. The second-order valence-electron chi connectivity index (χ2n) is 5.51. The molecule has 134 valence electrons. The number of H-pyrrole nitrogens is 1. The highest BCUT2D eigenvalue weighted by atomic mass is 35.5. The van der Waals surface area contributed by atoms with E-state index in [2.05, 4.69) is 4.98 Å². The van der Waals surface area contributed by atoms with Gasteiger partial charge in [0, 0.05) is 18.7 Å². The predicted molar refractivity (Wildman–Crippen MR) is 95.6 cm³/mol. The maximum atomic E-state index is 12.0. The number of rotatable bonds is 6. The Kier molecular flexibility index (Phi) is 5.04. The largest absolute Gasteiger partial charge is 0.462 e. The van der Waals surface area contributed by atoms with Gasteiger partial charge in [0.05, 0.1) is 33.1 Å². The molecule has 26 heavy (non-hydrogen) atoms. The fourth-order valence-corrected chi connectivity index (χ4v) is 2.83. The maximum absolute atomic E-state index is 12.0. The summed E-state index contributed by atoms with van der Waals surface area (Å²) in [5.41, 5.74) is 1.15. The van der Waals surface area contributed by atoms with E-state index >= 15 is 0 Å². The third-order valence-corrected chi connectivity index (χ3v) is 4.14. The summed E-state index contributed by atoms with van der Waals surface area (Å²) in [7, 11) is 0. The van der Waals surface area contributed by atoms with Gasteiger partial charge in [0.25, 0.3) is 5.69 Å². The van der Waals surface area contributed by atoms with Crippen molar-refractivity contribution in [3.05, 3.63) is 73.6 Å². The topological polar surface area (TPSA) is 107 Å². The number of esters is 1. The van der Waals surface area contributed by atoms with E-state index in [0.29, 0.717) is 13.0 Å². The number of ether oxygens (including phenoxy) is 1. The van der Waals surface area contributed by atoms with Crippen LogP contribution in [0, 0.1) is 10.1 Å². The van der Waals surface area contributed by atoms with E-state index in [1.54, 1.807) is 4.57 Å². The lowest BCUT2D eigenvalue weighted by atomic mass is 10.2. The number of carbonyl (C=O) groups is 1. The van der Waals surface area contributed by atoms with E-state index in [-0.39, 0.29) is 28.6 Å². The summed E-state index contributed by atoms with van der Waals surface area (Å²) in [5.74, 6) is -0.670. The summed E-state index contributed by atoms with van der Waals surface area (Å²) in [5, 5.41) is 10.6. The number of hydrogen-bond acceptors (Lipinski definition) is 5. The van der Waals surface area contributed by atoms with Crippen molar-refractivity contribution in [1.82, 2.24) is 9.55 Å². The van der Waals surface area contributed by atoms with E-state index in [1.807, 2.05) is 24.3 Å². The fourth-order valence-electron chi connectivity index (χ4n) is 2.58. The zero-order valence-corrected chi connectivity index (χ0v) is 14.2. The molecular weight excluding hydrogens is 362 g/mol. The number of aromatic nitrogens is 2. The van der Waals surface area contributed by atoms with Gasteiger partial charge < -0.3 is 9.72 Å². The van der Waals surface area contributed by atoms with Crippen molar-refractivity contribution < 1.29 is 14.5 Å². The zero-order chi connectivity index (χ0) is 18.7. The SMILES string of the molecule is O=C(OCCCn1c(=O)[nH]c2ccccc21)c1ccc([N+](=O)[O-])cc1Cl.